The molecular formula is C14H18F2N2. The van der Waals surface area contributed by atoms with Crippen molar-refractivity contribution in [3.8, 4) is 0 Å². The van der Waals surface area contributed by atoms with Crippen molar-refractivity contribution in [2.45, 2.75) is 30.6 Å². The van der Waals surface area contributed by atoms with Crippen LogP contribution in [-0.2, 0) is 5.41 Å². The van der Waals surface area contributed by atoms with Gasteiger partial charge >= 0.3 is 0 Å². The van der Waals surface area contributed by atoms with Crippen LogP contribution < -0.4 is 10.6 Å². The molecule has 1 unspecified atom stereocenters. The van der Waals surface area contributed by atoms with Crippen LogP contribution in [0, 0.1) is 0 Å². The van der Waals surface area contributed by atoms with Gasteiger partial charge in [-0.25, -0.2) is 8.78 Å². The Labute approximate surface area is 106 Å². The number of nitrogens with two attached hydrogens (primary N) is 1. The number of benzene rings is 1. The maximum atomic E-state index is 13.4. The summed E-state index contributed by atoms with van der Waals surface area (Å²) in [5.41, 5.74) is 6.26. The predicted octanol–water partition coefficient (Wildman–Crippen LogP) is 2.52. The first-order chi connectivity index (χ1) is 8.59. The quantitative estimate of drug-likeness (QED) is 0.895. The van der Waals surface area contributed by atoms with Gasteiger partial charge in [-0.2, -0.15) is 0 Å². The fourth-order valence-corrected chi connectivity index (χ4v) is 2.95. The number of anilines is 1. The molecule has 0 radical (unpaired) electrons. The molecule has 4 heteroatoms. The van der Waals surface area contributed by atoms with Crippen molar-refractivity contribution in [3.63, 3.8) is 0 Å². The van der Waals surface area contributed by atoms with E-state index in [1.54, 1.807) is 0 Å². The average molecular weight is 252 g/mol. The summed E-state index contributed by atoms with van der Waals surface area (Å²) in [7, 11) is 0. The van der Waals surface area contributed by atoms with Crippen molar-refractivity contribution in [2.75, 3.05) is 24.5 Å². The van der Waals surface area contributed by atoms with Gasteiger partial charge in [0.1, 0.15) is 0 Å². The molecule has 0 bridgehead atoms. The number of nitrogens with zero attached hydrogens (tertiary/aromatic N) is 1. The molecule has 1 heterocycles. The molecule has 2 N–H and O–H groups in total. The highest BCUT2D eigenvalue weighted by molar-refractivity contribution is 5.51. The third-order valence-electron chi connectivity index (χ3n) is 4.34. The van der Waals surface area contributed by atoms with Crippen LogP contribution in [0.5, 0.6) is 0 Å². The Hall–Kier alpha value is -1.16. The summed E-state index contributed by atoms with van der Waals surface area (Å²) >= 11 is 0. The van der Waals surface area contributed by atoms with Crippen LogP contribution >= 0.6 is 0 Å². The SMILES string of the molecule is NCC1(c2ccc(N3CCCC3)cc2)CC1(F)F. The molecule has 3 rings (SSSR count). The van der Waals surface area contributed by atoms with Gasteiger partial charge in [0.05, 0.1) is 5.41 Å². The van der Waals surface area contributed by atoms with Crippen molar-refractivity contribution in [2.24, 2.45) is 5.73 Å². The van der Waals surface area contributed by atoms with E-state index in [4.69, 9.17) is 5.73 Å². The molecule has 0 aromatic heterocycles. The molecule has 2 fully saturated rings. The molecule has 1 saturated heterocycles. The number of halogens is 2. The van der Waals surface area contributed by atoms with E-state index < -0.39 is 11.3 Å². The van der Waals surface area contributed by atoms with Gasteiger partial charge in [0.2, 0.25) is 0 Å². The zero-order chi connectivity index (χ0) is 12.8. The second-order valence-electron chi connectivity index (χ2n) is 5.41. The Morgan fingerprint density at radius 3 is 2.11 bits per heavy atom. The minimum absolute atomic E-state index is 0.0169. The van der Waals surface area contributed by atoms with Crippen LogP contribution in [-0.4, -0.2) is 25.6 Å². The van der Waals surface area contributed by atoms with Gasteiger partial charge in [-0.3, -0.25) is 0 Å². The Balaban J connectivity index is 1.83. The largest absolute Gasteiger partial charge is 0.372 e. The number of hydrogen-bond donors (Lipinski definition) is 1. The van der Waals surface area contributed by atoms with Crippen LogP contribution in [0.3, 0.4) is 0 Å². The van der Waals surface area contributed by atoms with Crippen LogP contribution in [0.2, 0.25) is 0 Å². The first kappa shape index (κ1) is 11.9. The highest BCUT2D eigenvalue weighted by Crippen LogP contribution is 2.60. The van der Waals surface area contributed by atoms with Crippen LogP contribution in [0.25, 0.3) is 0 Å². The molecule has 0 amide bonds. The van der Waals surface area contributed by atoms with Gasteiger partial charge in [-0.05, 0) is 30.5 Å². The molecule has 1 atom stereocenters. The first-order valence-corrected chi connectivity index (χ1v) is 6.52. The molecule has 1 saturated carbocycles. The molecule has 1 aliphatic heterocycles. The van der Waals surface area contributed by atoms with E-state index >= 15 is 0 Å². The van der Waals surface area contributed by atoms with Crippen molar-refractivity contribution in [1.82, 2.24) is 0 Å². The zero-order valence-electron chi connectivity index (χ0n) is 10.3. The van der Waals surface area contributed by atoms with Gasteiger partial charge < -0.3 is 10.6 Å². The summed E-state index contributed by atoms with van der Waals surface area (Å²) < 4.78 is 26.9. The monoisotopic (exact) mass is 252 g/mol. The Morgan fingerprint density at radius 1 is 1.11 bits per heavy atom. The first-order valence-electron chi connectivity index (χ1n) is 6.52. The van der Waals surface area contributed by atoms with E-state index in [-0.39, 0.29) is 13.0 Å². The topological polar surface area (TPSA) is 29.3 Å². The molecule has 1 aromatic rings. The summed E-state index contributed by atoms with van der Waals surface area (Å²) in [4.78, 5) is 2.30. The molecule has 2 nitrogen and oxygen atoms in total. The van der Waals surface area contributed by atoms with Gasteiger partial charge in [0, 0.05) is 31.7 Å². The Kier molecular flexibility index (Phi) is 2.59. The molecule has 18 heavy (non-hydrogen) atoms. The lowest BCUT2D eigenvalue weighted by Crippen LogP contribution is -2.27. The van der Waals surface area contributed by atoms with Gasteiger partial charge in [-0.15, -0.1) is 0 Å². The van der Waals surface area contributed by atoms with E-state index in [0.717, 1.165) is 18.8 Å². The highest BCUT2D eigenvalue weighted by atomic mass is 19.3. The van der Waals surface area contributed by atoms with E-state index in [1.165, 1.54) is 12.8 Å². The lowest BCUT2D eigenvalue weighted by atomic mass is 9.95. The second kappa shape index (κ2) is 3.92. The summed E-state index contributed by atoms with van der Waals surface area (Å²) in [6, 6.07) is 7.54. The summed E-state index contributed by atoms with van der Waals surface area (Å²) in [5, 5.41) is 0. The summed E-state index contributed by atoms with van der Waals surface area (Å²) in [6.45, 7) is 2.15. The number of rotatable bonds is 3. The molecule has 98 valence electrons. The second-order valence-corrected chi connectivity index (χ2v) is 5.41. The summed E-state index contributed by atoms with van der Waals surface area (Å²) in [6.07, 6.45) is 2.32. The van der Waals surface area contributed by atoms with Gasteiger partial charge in [-0.1, -0.05) is 12.1 Å². The van der Waals surface area contributed by atoms with Gasteiger partial charge in [0.15, 0.2) is 0 Å². The number of alkyl halides is 2. The van der Waals surface area contributed by atoms with Crippen LogP contribution in [0.15, 0.2) is 24.3 Å². The molecule has 1 aromatic carbocycles. The molecular weight excluding hydrogens is 234 g/mol. The highest BCUT2D eigenvalue weighted by Gasteiger charge is 2.70. The zero-order valence-corrected chi connectivity index (χ0v) is 10.3. The fraction of sp³-hybridized carbons (Fsp3) is 0.571. The third-order valence-corrected chi connectivity index (χ3v) is 4.34. The Morgan fingerprint density at radius 2 is 1.67 bits per heavy atom. The number of hydrogen-bond acceptors (Lipinski definition) is 2. The third kappa shape index (κ3) is 1.62. The van der Waals surface area contributed by atoms with E-state index in [1.807, 2.05) is 24.3 Å². The van der Waals surface area contributed by atoms with Crippen molar-refractivity contribution in [3.05, 3.63) is 29.8 Å². The minimum Gasteiger partial charge on any atom is -0.372 e. The lowest BCUT2D eigenvalue weighted by Gasteiger charge is -2.20. The maximum absolute atomic E-state index is 13.4. The van der Waals surface area contributed by atoms with Crippen LogP contribution in [0.4, 0.5) is 14.5 Å². The van der Waals surface area contributed by atoms with Crippen molar-refractivity contribution < 1.29 is 8.78 Å². The lowest BCUT2D eigenvalue weighted by molar-refractivity contribution is 0.0896. The summed E-state index contributed by atoms with van der Waals surface area (Å²) in [5.74, 6) is -2.63. The maximum Gasteiger partial charge on any atom is 0.260 e. The molecule has 2 aliphatic rings. The van der Waals surface area contributed by atoms with Gasteiger partial charge in [0.25, 0.3) is 5.92 Å². The normalized spacial score (nSPS) is 29.6. The van der Waals surface area contributed by atoms with Crippen molar-refractivity contribution >= 4 is 5.69 Å². The fourth-order valence-electron chi connectivity index (χ4n) is 2.95. The van der Waals surface area contributed by atoms with E-state index in [0.29, 0.717) is 5.56 Å². The van der Waals surface area contributed by atoms with Crippen LogP contribution in [0.1, 0.15) is 24.8 Å². The van der Waals surface area contributed by atoms with Crippen molar-refractivity contribution in [1.29, 1.82) is 0 Å². The van der Waals surface area contributed by atoms with E-state index in [2.05, 4.69) is 4.90 Å². The Bertz CT molecular complexity index is 438. The van der Waals surface area contributed by atoms with E-state index in [9.17, 15) is 8.78 Å². The minimum atomic E-state index is -2.63. The molecule has 1 aliphatic carbocycles. The standard InChI is InChI=1S/C14H18F2N2/c15-14(16)9-13(14,10-17)11-3-5-12(6-4-11)18-7-1-2-8-18/h3-6H,1-2,7-10,17H2. The average Bonchev–Trinajstić information content (AvgIpc) is 2.78. The smallest absolute Gasteiger partial charge is 0.260 e. The predicted molar refractivity (Wildman–Crippen MR) is 68.2 cm³/mol. The molecule has 0 spiro atoms.